The number of hydrogen-bond donors (Lipinski definition) is 0. The van der Waals surface area contributed by atoms with Gasteiger partial charge in [0.05, 0.1) is 19.8 Å². The van der Waals surface area contributed by atoms with Gasteiger partial charge in [0.1, 0.15) is 11.5 Å². The molecule has 0 fully saturated rings. The molecule has 0 saturated heterocycles. The average molecular weight is 386 g/mol. The van der Waals surface area contributed by atoms with Gasteiger partial charge in [0.25, 0.3) is 0 Å². The van der Waals surface area contributed by atoms with Crippen LogP contribution in [0, 0.1) is 6.92 Å². The van der Waals surface area contributed by atoms with Crippen LogP contribution in [-0.2, 0) is 4.74 Å². The predicted molar refractivity (Wildman–Crippen MR) is 115 cm³/mol. The first kappa shape index (κ1) is 18.7. The summed E-state index contributed by atoms with van der Waals surface area (Å²) in [6.45, 7) is 2.29. The first-order valence-electron chi connectivity index (χ1n) is 9.35. The fraction of sp³-hybridized carbons (Fsp3) is 0.167. The van der Waals surface area contributed by atoms with Crippen LogP contribution < -0.4 is 9.47 Å². The summed E-state index contributed by atoms with van der Waals surface area (Å²) in [5.41, 5.74) is 5.03. The molecular formula is C24H22N2O3. The molecule has 0 saturated carbocycles. The largest absolute Gasteiger partial charge is 0.496 e. The molecule has 29 heavy (non-hydrogen) atoms. The first-order chi connectivity index (χ1) is 14.2. The van der Waals surface area contributed by atoms with Crippen molar-refractivity contribution in [3.63, 3.8) is 0 Å². The van der Waals surface area contributed by atoms with E-state index in [2.05, 4.69) is 29.0 Å². The first-order valence-corrected chi connectivity index (χ1v) is 9.35. The Hall–Kier alpha value is -3.60. The second kappa shape index (κ2) is 8.19. The van der Waals surface area contributed by atoms with Gasteiger partial charge in [0, 0.05) is 11.1 Å². The summed E-state index contributed by atoms with van der Waals surface area (Å²) in [5, 5.41) is 0. The summed E-state index contributed by atoms with van der Waals surface area (Å²) in [4.78, 5) is 9.03. The summed E-state index contributed by atoms with van der Waals surface area (Å²) in [5.74, 6) is 2.59. The third-order valence-electron chi connectivity index (χ3n) is 4.85. The van der Waals surface area contributed by atoms with Crippen molar-refractivity contribution in [3.05, 3.63) is 83.4 Å². The van der Waals surface area contributed by atoms with Crippen molar-refractivity contribution in [3.8, 4) is 22.6 Å². The lowest BCUT2D eigenvalue weighted by atomic mass is 9.98. The minimum Gasteiger partial charge on any atom is -0.496 e. The molecule has 0 N–H and O–H groups in total. The van der Waals surface area contributed by atoms with Crippen LogP contribution in [0.5, 0.6) is 11.5 Å². The number of para-hydroxylation sites is 1. The zero-order chi connectivity index (χ0) is 20.2. The molecule has 1 heterocycles. The van der Waals surface area contributed by atoms with E-state index in [1.165, 1.54) is 5.56 Å². The Balaban J connectivity index is 1.72. The number of hydrogen-bond acceptors (Lipinski definition) is 5. The van der Waals surface area contributed by atoms with E-state index in [1.807, 2.05) is 54.6 Å². The Morgan fingerprint density at radius 3 is 2.28 bits per heavy atom. The smallest absolute Gasteiger partial charge is 0.224 e. The second-order valence-corrected chi connectivity index (χ2v) is 6.60. The fourth-order valence-corrected chi connectivity index (χ4v) is 3.36. The van der Waals surface area contributed by atoms with Crippen molar-refractivity contribution in [1.29, 1.82) is 0 Å². The van der Waals surface area contributed by atoms with Crippen LogP contribution in [0.1, 0.15) is 16.7 Å². The molecule has 0 bridgehead atoms. The molecule has 0 spiro atoms. The lowest BCUT2D eigenvalue weighted by Crippen LogP contribution is -2.17. The molecule has 5 nitrogen and oxygen atoms in total. The highest BCUT2D eigenvalue weighted by atomic mass is 16.5. The van der Waals surface area contributed by atoms with E-state index in [0.29, 0.717) is 11.7 Å². The molecule has 0 radical (unpaired) electrons. The standard InChI is InChI=1S/C24H22N2O3/c1-16-8-4-5-9-18(16)19-13-12-17(14-22(19)28-3)24-26-23(25-15-29-24)20-10-6-7-11-21(20)27-2/h4-14H,15H2,1-3H3. The number of benzene rings is 3. The van der Waals surface area contributed by atoms with Gasteiger partial charge in [-0.05, 0) is 48.4 Å². The van der Waals surface area contributed by atoms with Gasteiger partial charge in [-0.25, -0.2) is 4.99 Å². The van der Waals surface area contributed by atoms with Crippen LogP contribution in [0.3, 0.4) is 0 Å². The molecule has 3 aromatic carbocycles. The molecule has 5 heteroatoms. The SMILES string of the molecule is COc1ccccc1C1=NCOC(c2ccc(-c3ccccc3C)c(OC)c2)=N1. The Labute approximate surface area is 170 Å². The van der Waals surface area contributed by atoms with Crippen molar-refractivity contribution >= 4 is 11.7 Å². The summed E-state index contributed by atoms with van der Waals surface area (Å²) in [6.07, 6.45) is 0. The van der Waals surface area contributed by atoms with Crippen LogP contribution in [-0.4, -0.2) is 32.7 Å². The highest BCUT2D eigenvalue weighted by molar-refractivity contribution is 6.11. The predicted octanol–water partition coefficient (Wildman–Crippen LogP) is 4.86. The van der Waals surface area contributed by atoms with Gasteiger partial charge < -0.3 is 14.2 Å². The maximum atomic E-state index is 5.72. The Morgan fingerprint density at radius 1 is 0.793 bits per heavy atom. The molecule has 1 aliphatic heterocycles. The lowest BCUT2D eigenvalue weighted by Gasteiger charge is -2.17. The van der Waals surface area contributed by atoms with Crippen molar-refractivity contribution in [2.75, 3.05) is 21.0 Å². The highest BCUT2D eigenvalue weighted by Crippen LogP contribution is 2.33. The van der Waals surface area contributed by atoms with Gasteiger partial charge in [-0.15, -0.1) is 0 Å². The Kier molecular flexibility index (Phi) is 5.29. The van der Waals surface area contributed by atoms with E-state index in [0.717, 1.165) is 33.8 Å². The van der Waals surface area contributed by atoms with Gasteiger partial charge in [0.15, 0.2) is 12.6 Å². The van der Waals surface area contributed by atoms with E-state index < -0.39 is 0 Å². The van der Waals surface area contributed by atoms with Crippen LogP contribution in [0.25, 0.3) is 11.1 Å². The summed E-state index contributed by atoms with van der Waals surface area (Å²) >= 11 is 0. The summed E-state index contributed by atoms with van der Waals surface area (Å²) in [6, 6.07) is 21.9. The molecule has 0 aliphatic carbocycles. The van der Waals surface area contributed by atoms with E-state index in [-0.39, 0.29) is 6.73 Å². The summed E-state index contributed by atoms with van der Waals surface area (Å²) in [7, 11) is 3.31. The van der Waals surface area contributed by atoms with Crippen molar-refractivity contribution < 1.29 is 14.2 Å². The highest BCUT2D eigenvalue weighted by Gasteiger charge is 2.18. The molecular weight excluding hydrogens is 364 g/mol. The monoisotopic (exact) mass is 386 g/mol. The average Bonchev–Trinajstić information content (AvgIpc) is 2.79. The second-order valence-electron chi connectivity index (χ2n) is 6.60. The number of amidine groups is 1. The topological polar surface area (TPSA) is 52.4 Å². The molecule has 0 amide bonds. The minimum absolute atomic E-state index is 0.202. The molecule has 3 aromatic rings. The van der Waals surface area contributed by atoms with Gasteiger partial charge in [-0.3, -0.25) is 0 Å². The Morgan fingerprint density at radius 2 is 1.52 bits per heavy atom. The zero-order valence-corrected chi connectivity index (χ0v) is 16.7. The fourth-order valence-electron chi connectivity index (χ4n) is 3.36. The normalized spacial score (nSPS) is 13.2. The van der Waals surface area contributed by atoms with Gasteiger partial charge >= 0.3 is 0 Å². The Bertz CT molecular complexity index is 1100. The zero-order valence-electron chi connectivity index (χ0n) is 16.7. The lowest BCUT2D eigenvalue weighted by molar-refractivity contribution is 0.314. The minimum atomic E-state index is 0.202. The van der Waals surface area contributed by atoms with Crippen molar-refractivity contribution in [2.45, 2.75) is 6.92 Å². The molecule has 0 unspecified atom stereocenters. The van der Waals surface area contributed by atoms with E-state index in [9.17, 15) is 0 Å². The van der Waals surface area contributed by atoms with E-state index >= 15 is 0 Å². The van der Waals surface area contributed by atoms with Crippen molar-refractivity contribution in [2.24, 2.45) is 9.98 Å². The number of nitrogens with zero attached hydrogens (tertiary/aromatic N) is 2. The van der Waals surface area contributed by atoms with Crippen LogP contribution in [0.15, 0.2) is 76.7 Å². The molecule has 4 rings (SSSR count). The third kappa shape index (κ3) is 3.72. The molecule has 146 valence electrons. The number of aliphatic imine (C=N–C) groups is 2. The maximum absolute atomic E-state index is 5.72. The van der Waals surface area contributed by atoms with Crippen LogP contribution in [0.4, 0.5) is 0 Å². The molecule has 1 aliphatic rings. The summed E-state index contributed by atoms with van der Waals surface area (Å²) < 4.78 is 16.8. The number of ether oxygens (including phenoxy) is 3. The van der Waals surface area contributed by atoms with Crippen LogP contribution in [0.2, 0.25) is 0 Å². The van der Waals surface area contributed by atoms with E-state index in [4.69, 9.17) is 14.2 Å². The molecule has 0 atom stereocenters. The quantitative estimate of drug-likeness (QED) is 0.629. The van der Waals surface area contributed by atoms with Crippen molar-refractivity contribution in [1.82, 2.24) is 0 Å². The van der Waals surface area contributed by atoms with Gasteiger partial charge in [0.2, 0.25) is 5.90 Å². The molecule has 0 aromatic heterocycles. The van der Waals surface area contributed by atoms with Crippen LogP contribution >= 0.6 is 0 Å². The van der Waals surface area contributed by atoms with E-state index in [1.54, 1.807) is 14.2 Å². The maximum Gasteiger partial charge on any atom is 0.224 e. The van der Waals surface area contributed by atoms with Gasteiger partial charge in [-0.1, -0.05) is 36.4 Å². The number of aryl methyl sites for hydroxylation is 1. The third-order valence-corrected chi connectivity index (χ3v) is 4.85. The number of rotatable bonds is 5. The number of methoxy groups -OCH3 is 2. The van der Waals surface area contributed by atoms with Gasteiger partial charge in [-0.2, -0.15) is 4.99 Å².